The van der Waals surface area contributed by atoms with E-state index in [1.54, 1.807) is 31.4 Å². The third kappa shape index (κ3) is 4.24. The first-order chi connectivity index (χ1) is 15.6. The van der Waals surface area contributed by atoms with Gasteiger partial charge >= 0.3 is 0 Å². The Morgan fingerprint density at radius 1 is 1.16 bits per heavy atom. The van der Waals surface area contributed by atoms with Crippen LogP contribution in [0, 0.1) is 0 Å². The molecule has 0 radical (unpaired) electrons. The van der Waals surface area contributed by atoms with Gasteiger partial charge in [0.2, 0.25) is 0 Å². The van der Waals surface area contributed by atoms with Crippen LogP contribution in [-0.2, 0) is 0 Å². The fourth-order valence-corrected chi connectivity index (χ4v) is 3.32. The maximum Gasteiger partial charge on any atom is 0.289 e. The van der Waals surface area contributed by atoms with Crippen molar-refractivity contribution in [2.45, 2.75) is 6.92 Å². The highest BCUT2D eigenvalue weighted by atomic mass is 16.5. The molecule has 1 aromatic heterocycles. The Balaban J connectivity index is 1.50. The minimum atomic E-state index is -0.461. The molecule has 3 aromatic carbocycles. The zero-order valence-corrected chi connectivity index (χ0v) is 17.6. The molecule has 0 aliphatic carbocycles. The lowest BCUT2D eigenvalue weighted by Gasteiger charge is -2.09. The topological polar surface area (TPSA) is 109 Å². The molecule has 0 spiro atoms. The molecule has 0 bridgehead atoms. The molecular formula is C24H22N4O4. The molecule has 1 amide bonds. The van der Waals surface area contributed by atoms with E-state index in [-0.39, 0.29) is 11.4 Å². The number of fused-ring (bicyclic) bond motifs is 1. The van der Waals surface area contributed by atoms with Gasteiger partial charge in [-0.2, -0.15) is 10.2 Å². The van der Waals surface area contributed by atoms with Crippen molar-refractivity contribution >= 4 is 22.9 Å². The first-order valence-electron chi connectivity index (χ1n) is 10.0. The van der Waals surface area contributed by atoms with Crippen molar-refractivity contribution < 1.29 is 19.4 Å². The normalized spacial score (nSPS) is 11.1. The summed E-state index contributed by atoms with van der Waals surface area (Å²) in [4.78, 5) is 12.5. The summed E-state index contributed by atoms with van der Waals surface area (Å²) in [6, 6.07) is 18.1. The predicted octanol–water partition coefficient (Wildman–Crippen LogP) is 4.11. The van der Waals surface area contributed by atoms with Crippen LogP contribution in [0.1, 0.15) is 23.0 Å². The number of carbonyl (C=O) groups excluding carboxylic acids is 1. The molecule has 0 unspecified atom stereocenters. The van der Waals surface area contributed by atoms with E-state index < -0.39 is 5.91 Å². The van der Waals surface area contributed by atoms with Gasteiger partial charge in [-0.3, -0.25) is 9.89 Å². The summed E-state index contributed by atoms with van der Waals surface area (Å²) in [6.07, 6.45) is 1.42. The lowest BCUT2D eigenvalue weighted by atomic mass is 10.0. The van der Waals surface area contributed by atoms with E-state index in [0.717, 1.165) is 16.3 Å². The lowest BCUT2D eigenvalue weighted by Crippen LogP contribution is -2.18. The second-order valence-corrected chi connectivity index (χ2v) is 6.88. The Kier molecular flexibility index (Phi) is 6.03. The Morgan fingerprint density at radius 3 is 2.81 bits per heavy atom. The number of nitrogens with one attached hydrogen (secondary N) is 2. The molecule has 0 aliphatic heterocycles. The Hall–Kier alpha value is -4.33. The van der Waals surface area contributed by atoms with Crippen molar-refractivity contribution in [3.63, 3.8) is 0 Å². The summed E-state index contributed by atoms with van der Waals surface area (Å²) in [5.74, 6) is 0.837. The van der Waals surface area contributed by atoms with Crippen LogP contribution in [0.3, 0.4) is 0 Å². The molecule has 0 atom stereocenters. The number of aromatic amines is 1. The zero-order chi connectivity index (χ0) is 22.5. The first kappa shape index (κ1) is 20.9. The maximum absolute atomic E-state index is 12.5. The van der Waals surface area contributed by atoms with Gasteiger partial charge in [-0.1, -0.05) is 30.3 Å². The smallest absolute Gasteiger partial charge is 0.289 e. The number of hydrogen-bond donors (Lipinski definition) is 3. The highest BCUT2D eigenvalue weighted by Gasteiger charge is 2.13. The summed E-state index contributed by atoms with van der Waals surface area (Å²) in [5, 5.41) is 22.9. The number of benzene rings is 3. The molecule has 32 heavy (non-hydrogen) atoms. The Labute approximate surface area is 184 Å². The van der Waals surface area contributed by atoms with Crippen molar-refractivity contribution in [2.24, 2.45) is 5.10 Å². The number of aromatic nitrogens is 2. The van der Waals surface area contributed by atoms with E-state index in [0.29, 0.717) is 29.4 Å². The van der Waals surface area contributed by atoms with E-state index in [1.165, 1.54) is 6.21 Å². The average molecular weight is 430 g/mol. The minimum absolute atomic E-state index is 0.0787. The molecule has 162 valence electrons. The van der Waals surface area contributed by atoms with Gasteiger partial charge in [0.05, 0.1) is 25.6 Å². The molecule has 4 aromatic rings. The molecule has 0 saturated carbocycles. The number of hydrazone groups is 1. The van der Waals surface area contributed by atoms with Crippen LogP contribution in [0.2, 0.25) is 0 Å². The van der Waals surface area contributed by atoms with Crippen molar-refractivity contribution in [3.05, 3.63) is 71.9 Å². The van der Waals surface area contributed by atoms with Crippen LogP contribution in [0.4, 0.5) is 0 Å². The van der Waals surface area contributed by atoms with Crippen LogP contribution in [0.15, 0.2) is 65.8 Å². The standard InChI is InChI=1S/C24H22N4O4/c1-3-32-22-11-9-16(12-23(22)31-2)19-13-20(27-26-19)24(30)28-25-14-18-17-7-5-4-6-15(17)8-10-21(18)29/h4-14,29H,3H2,1-2H3,(H,26,27)(H,28,30)/b25-14-. The van der Waals surface area contributed by atoms with Crippen LogP contribution in [0.25, 0.3) is 22.0 Å². The number of H-pyrrole nitrogens is 1. The number of phenolic OH excluding ortho intramolecular Hbond substituents is 1. The largest absolute Gasteiger partial charge is 0.507 e. The molecule has 0 fully saturated rings. The third-order valence-electron chi connectivity index (χ3n) is 4.89. The molecule has 8 nitrogen and oxygen atoms in total. The van der Waals surface area contributed by atoms with Crippen molar-refractivity contribution in [1.82, 2.24) is 15.6 Å². The quantitative estimate of drug-likeness (QED) is 0.302. The van der Waals surface area contributed by atoms with Gasteiger partial charge in [0.15, 0.2) is 11.5 Å². The Morgan fingerprint density at radius 2 is 2.00 bits per heavy atom. The molecule has 0 aliphatic rings. The zero-order valence-electron chi connectivity index (χ0n) is 17.6. The Bertz CT molecular complexity index is 1300. The molecule has 3 N–H and O–H groups in total. The monoisotopic (exact) mass is 430 g/mol. The van der Waals surface area contributed by atoms with E-state index in [4.69, 9.17) is 9.47 Å². The van der Waals surface area contributed by atoms with E-state index in [1.807, 2.05) is 43.3 Å². The average Bonchev–Trinajstić information content (AvgIpc) is 3.31. The van der Waals surface area contributed by atoms with Gasteiger partial charge in [-0.15, -0.1) is 0 Å². The molecule has 0 saturated heterocycles. The van der Waals surface area contributed by atoms with Crippen molar-refractivity contribution in [2.75, 3.05) is 13.7 Å². The lowest BCUT2D eigenvalue weighted by molar-refractivity contribution is 0.0950. The van der Waals surface area contributed by atoms with Crippen LogP contribution in [-0.4, -0.2) is 41.1 Å². The number of rotatable bonds is 7. The summed E-state index contributed by atoms with van der Waals surface area (Å²) in [7, 11) is 1.57. The van der Waals surface area contributed by atoms with Crippen molar-refractivity contribution in [3.8, 4) is 28.5 Å². The van der Waals surface area contributed by atoms with Gasteiger partial charge in [0, 0.05) is 11.1 Å². The van der Waals surface area contributed by atoms with Crippen LogP contribution < -0.4 is 14.9 Å². The number of amides is 1. The summed E-state index contributed by atoms with van der Waals surface area (Å²) >= 11 is 0. The van der Waals surface area contributed by atoms with Gasteiger partial charge < -0.3 is 14.6 Å². The molecule has 4 rings (SSSR count). The van der Waals surface area contributed by atoms with E-state index in [9.17, 15) is 9.90 Å². The first-order valence-corrected chi connectivity index (χ1v) is 10.0. The van der Waals surface area contributed by atoms with E-state index >= 15 is 0 Å². The fourth-order valence-electron chi connectivity index (χ4n) is 3.32. The summed E-state index contributed by atoms with van der Waals surface area (Å²) in [5.41, 5.74) is 4.57. The molecular weight excluding hydrogens is 408 g/mol. The van der Waals surface area contributed by atoms with Gasteiger partial charge in [0.1, 0.15) is 11.4 Å². The number of hydrogen-bond acceptors (Lipinski definition) is 6. The number of methoxy groups -OCH3 is 1. The SMILES string of the molecule is CCOc1ccc(-c2cc(C(=O)N/N=C\c3c(O)ccc4ccccc34)[nH]n2)cc1OC. The number of carbonyl (C=O) groups is 1. The fraction of sp³-hybridized carbons (Fsp3) is 0.125. The highest BCUT2D eigenvalue weighted by molar-refractivity contribution is 6.03. The van der Waals surface area contributed by atoms with Crippen LogP contribution in [0.5, 0.6) is 17.2 Å². The summed E-state index contributed by atoms with van der Waals surface area (Å²) < 4.78 is 10.9. The number of nitrogens with zero attached hydrogens (tertiary/aromatic N) is 2. The number of phenols is 1. The predicted molar refractivity (Wildman–Crippen MR) is 122 cm³/mol. The van der Waals surface area contributed by atoms with Gasteiger partial charge in [-0.05, 0) is 48.0 Å². The van der Waals surface area contributed by atoms with E-state index in [2.05, 4.69) is 20.7 Å². The molecule has 1 heterocycles. The number of ether oxygens (including phenoxy) is 2. The minimum Gasteiger partial charge on any atom is -0.507 e. The number of aromatic hydroxyl groups is 1. The third-order valence-corrected chi connectivity index (χ3v) is 4.89. The highest BCUT2D eigenvalue weighted by Crippen LogP contribution is 2.32. The molecule has 8 heteroatoms. The summed E-state index contributed by atoms with van der Waals surface area (Å²) in [6.45, 7) is 2.43. The van der Waals surface area contributed by atoms with Gasteiger partial charge in [0.25, 0.3) is 5.91 Å². The van der Waals surface area contributed by atoms with Gasteiger partial charge in [-0.25, -0.2) is 5.43 Å². The second kappa shape index (κ2) is 9.22. The maximum atomic E-state index is 12.5. The van der Waals surface area contributed by atoms with Crippen molar-refractivity contribution in [1.29, 1.82) is 0 Å². The second-order valence-electron chi connectivity index (χ2n) is 6.88. The van der Waals surface area contributed by atoms with Crippen LogP contribution >= 0.6 is 0 Å².